The average molecular weight is 408 g/mol. The first-order valence-electron chi connectivity index (χ1n) is 10.4. The highest BCUT2D eigenvalue weighted by Gasteiger charge is 2.35. The first kappa shape index (κ1) is 20.7. The molecule has 0 aliphatic rings. The molecule has 0 aliphatic heterocycles. The maximum absolute atomic E-state index is 12.9. The van der Waals surface area contributed by atoms with E-state index in [1.165, 1.54) is 0 Å². The van der Waals surface area contributed by atoms with E-state index in [1.807, 2.05) is 92.7 Å². The minimum atomic E-state index is -1.47. The lowest BCUT2D eigenvalue weighted by Gasteiger charge is -2.29. The highest BCUT2D eigenvalue weighted by molar-refractivity contribution is 5.95. The lowest BCUT2D eigenvalue weighted by molar-refractivity contribution is 0.0983. The molecule has 3 heteroatoms. The number of benzene rings is 3. The molecule has 0 spiro atoms. The van der Waals surface area contributed by atoms with Crippen molar-refractivity contribution in [3.63, 3.8) is 0 Å². The Balaban J connectivity index is 1.78. The zero-order chi connectivity index (χ0) is 21.8. The summed E-state index contributed by atoms with van der Waals surface area (Å²) < 4.78 is 0. The number of hydrogen-bond donors (Lipinski definition) is 1. The Hall–Kier alpha value is -3.56. The Morgan fingerprint density at radius 3 is 1.84 bits per heavy atom. The van der Waals surface area contributed by atoms with Gasteiger partial charge in [-0.1, -0.05) is 96.1 Å². The number of carbonyl (C=O) groups is 1. The third-order valence-corrected chi connectivity index (χ3v) is 5.55. The predicted octanol–water partition coefficient (Wildman–Crippen LogP) is 5.41. The van der Waals surface area contributed by atoms with E-state index in [0.29, 0.717) is 22.5 Å². The third-order valence-electron chi connectivity index (χ3n) is 5.55. The molecular formula is C28H25NO2. The van der Waals surface area contributed by atoms with Gasteiger partial charge in [-0.3, -0.25) is 4.79 Å². The molecule has 1 aromatic heterocycles. The lowest BCUT2D eigenvalue weighted by Crippen LogP contribution is -2.30. The smallest absolute Gasteiger partial charge is 0.185 e. The van der Waals surface area contributed by atoms with Gasteiger partial charge in [-0.25, -0.2) is 4.98 Å². The number of aryl methyl sites for hydroxylation is 2. The number of Topliss-reactive ketones (excluding diaryl/α,β-unsaturated/α-hetero) is 1. The van der Waals surface area contributed by atoms with Crippen molar-refractivity contribution >= 4 is 5.78 Å². The molecule has 31 heavy (non-hydrogen) atoms. The van der Waals surface area contributed by atoms with Gasteiger partial charge in [-0.15, -0.1) is 0 Å². The van der Waals surface area contributed by atoms with Gasteiger partial charge >= 0.3 is 0 Å². The van der Waals surface area contributed by atoms with Crippen LogP contribution in [0.25, 0.3) is 0 Å². The van der Waals surface area contributed by atoms with Crippen LogP contribution in [0.4, 0.5) is 0 Å². The zero-order valence-electron chi connectivity index (χ0n) is 17.7. The quantitative estimate of drug-likeness (QED) is 0.435. The second-order valence-corrected chi connectivity index (χ2v) is 7.94. The van der Waals surface area contributed by atoms with Crippen LogP contribution in [0, 0.1) is 13.8 Å². The van der Waals surface area contributed by atoms with Gasteiger partial charge in [-0.2, -0.15) is 0 Å². The van der Waals surface area contributed by atoms with Crippen LogP contribution in [-0.4, -0.2) is 15.9 Å². The van der Waals surface area contributed by atoms with Gasteiger partial charge in [0.2, 0.25) is 0 Å². The molecule has 0 saturated heterocycles. The molecule has 0 atom stereocenters. The standard InChI is InChI=1S/C28H25NO2/c1-20-11-15-23(16-12-20)28(31,24-17-13-21(2)14-18-24)27-10-6-9-25(29-27)26(30)19-22-7-4-3-5-8-22/h3-18,31H,19H2,1-2H3. The summed E-state index contributed by atoms with van der Waals surface area (Å²) >= 11 is 0. The molecule has 0 amide bonds. The normalized spacial score (nSPS) is 11.3. The molecule has 3 aromatic carbocycles. The van der Waals surface area contributed by atoms with Gasteiger partial charge in [0, 0.05) is 6.42 Å². The summed E-state index contributed by atoms with van der Waals surface area (Å²) in [6, 6.07) is 30.4. The maximum Gasteiger partial charge on any atom is 0.185 e. The molecule has 0 aliphatic carbocycles. The molecule has 0 fully saturated rings. The molecular weight excluding hydrogens is 382 g/mol. The first-order chi connectivity index (χ1) is 15.0. The number of aliphatic hydroxyl groups is 1. The molecule has 0 saturated carbocycles. The summed E-state index contributed by atoms with van der Waals surface area (Å²) in [5.74, 6) is -0.0804. The number of carbonyl (C=O) groups excluding carboxylic acids is 1. The average Bonchev–Trinajstić information content (AvgIpc) is 2.80. The number of nitrogens with zero attached hydrogens (tertiary/aromatic N) is 1. The molecule has 4 rings (SSSR count). The summed E-state index contributed by atoms with van der Waals surface area (Å²) in [7, 11) is 0. The SMILES string of the molecule is Cc1ccc(C(O)(c2ccc(C)cc2)c2cccc(C(=O)Cc3ccccc3)n2)cc1. The van der Waals surface area contributed by atoms with Crippen molar-refractivity contribution in [1.29, 1.82) is 0 Å². The summed E-state index contributed by atoms with van der Waals surface area (Å²) in [6.45, 7) is 4.02. The predicted molar refractivity (Wildman–Crippen MR) is 123 cm³/mol. The largest absolute Gasteiger partial charge is 0.374 e. The van der Waals surface area contributed by atoms with Crippen molar-refractivity contribution in [2.75, 3.05) is 0 Å². The number of aromatic nitrogens is 1. The van der Waals surface area contributed by atoms with E-state index in [4.69, 9.17) is 0 Å². The second-order valence-electron chi connectivity index (χ2n) is 7.94. The zero-order valence-corrected chi connectivity index (χ0v) is 17.7. The van der Waals surface area contributed by atoms with E-state index >= 15 is 0 Å². The van der Waals surface area contributed by atoms with Crippen molar-refractivity contribution in [2.45, 2.75) is 25.9 Å². The maximum atomic E-state index is 12.9. The van der Waals surface area contributed by atoms with Crippen LogP contribution >= 0.6 is 0 Å². The van der Waals surface area contributed by atoms with Gasteiger partial charge in [0.15, 0.2) is 11.4 Å². The summed E-state index contributed by atoms with van der Waals surface area (Å²) in [4.78, 5) is 17.6. The Morgan fingerprint density at radius 2 is 1.29 bits per heavy atom. The molecule has 0 unspecified atom stereocenters. The van der Waals surface area contributed by atoms with E-state index in [-0.39, 0.29) is 12.2 Å². The van der Waals surface area contributed by atoms with Crippen molar-refractivity contribution in [1.82, 2.24) is 4.98 Å². The fourth-order valence-electron chi connectivity index (χ4n) is 3.72. The molecule has 1 heterocycles. The second kappa shape index (κ2) is 8.66. The van der Waals surface area contributed by atoms with Gasteiger partial charge in [0.1, 0.15) is 5.69 Å². The Bertz CT molecular complexity index is 1130. The Labute approximate surface area is 183 Å². The van der Waals surface area contributed by atoms with Crippen LogP contribution in [0.1, 0.15) is 44.0 Å². The van der Waals surface area contributed by atoms with Crippen LogP contribution in [-0.2, 0) is 12.0 Å². The van der Waals surface area contributed by atoms with E-state index in [2.05, 4.69) is 4.98 Å². The molecule has 3 nitrogen and oxygen atoms in total. The fraction of sp³-hybridized carbons (Fsp3) is 0.143. The van der Waals surface area contributed by atoms with Crippen LogP contribution in [0.3, 0.4) is 0 Å². The molecule has 1 N–H and O–H groups in total. The van der Waals surface area contributed by atoms with Crippen molar-refractivity contribution in [2.24, 2.45) is 0 Å². The van der Waals surface area contributed by atoms with Crippen molar-refractivity contribution < 1.29 is 9.90 Å². The summed E-state index contributed by atoms with van der Waals surface area (Å²) in [6.07, 6.45) is 0.269. The monoisotopic (exact) mass is 407 g/mol. The Morgan fingerprint density at radius 1 is 0.742 bits per heavy atom. The van der Waals surface area contributed by atoms with Gasteiger partial charge in [0.05, 0.1) is 5.69 Å². The van der Waals surface area contributed by atoms with E-state index < -0.39 is 5.60 Å². The molecule has 0 bridgehead atoms. The topological polar surface area (TPSA) is 50.2 Å². The number of ketones is 1. The molecule has 0 radical (unpaired) electrons. The molecule has 4 aromatic rings. The van der Waals surface area contributed by atoms with Gasteiger partial charge < -0.3 is 5.11 Å². The highest BCUT2D eigenvalue weighted by atomic mass is 16.3. The Kier molecular flexibility index (Phi) is 5.79. The lowest BCUT2D eigenvalue weighted by atomic mass is 9.82. The van der Waals surface area contributed by atoms with Crippen LogP contribution in [0.2, 0.25) is 0 Å². The van der Waals surface area contributed by atoms with Crippen molar-refractivity contribution in [3.05, 3.63) is 136 Å². The van der Waals surface area contributed by atoms with Crippen LogP contribution < -0.4 is 0 Å². The highest BCUT2D eigenvalue weighted by Crippen LogP contribution is 2.36. The minimum absolute atomic E-state index is 0.0804. The summed E-state index contributed by atoms with van der Waals surface area (Å²) in [5, 5.41) is 12.0. The molecule has 154 valence electrons. The van der Waals surface area contributed by atoms with Crippen LogP contribution in [0.15, 0.2) is 97.1 Å². The number of rotatable bonds is 6. The van der Waals surface area contributed by atoms with E-state index in [9.17, 15) is 9.90 Å². The van der Waals surface area contributed by atoms with Gasteiger partial charge in [-0.05, 0) is 42.7 Å². The van der Waals surface area contributed by atoms with Crippen molar-refractivity contribution in [3.8, 4) is 0 Å². The first-order valence-corrected chi connectivity index (χ1v) is 10.4. The number of hydrogen-bond acceptors (Lipinski definition) is 3. The van der Waals surface area contributed by atoms with E-state index in [0.717, 1.165) is 16.7 Å². The van der Waals surface area contributed by atoms with Crippen LogP contribution in [0.5, 0.6) is 0 Å². The van der Waals surface area contributed by atoms with E-state index in [1.54, 1.807) is 18.2 Å². The summed E-state index contributed by atoms with van der Waals surface area (Å²) in [5.41, 5.74) is 3.88. The minimum Gasteiger partial charge on any atom is -0.374 e. The van der Waals surface area contributed by atoms with Gasteiger partial charge in [0.25, 0.3) is 0 Å². The number of pyridine rings is 1. The third kappa shape index (κ3) is 4.32. The fourth-order valence-corrected chi connectivity index (χ4v) is 3.72.